The monoisotopic (exact) mass is 612 g/mol. The van der Waals surface area contributed by atoms with Gasteiger partial charge in [-0.15, -0.1) is 0 Å². The van der Waals surface area contributed by atoms with Crippen LogP contribution in [0.1, 0.15) is 95.2 Å². The van der Waals surface area contributed by atoms with Gasteiger partial charge >= 0.3 is 0 Å². The van der Waals surface area contributed by atoms with Gasteiger partial charge < -0.3 is 14.4 Å². The second-order valence-electron chi connectivity index (χ2n) is 13.9. The molecule has 7 heteroatoms. The summed E-state index contributed by atoms with van der Waals surface area (Å²) in [5, 5.41) is 0. The number of anilines is 1. The Labute approximate surface area is 268 Å². The molecule has 0 spiro atoms. The van der Waals surface area contributed by atoms with E-state index in [0.717, 1.165) is 90.2 Å². The van der Waals surface area contributed by atoms with Crippen LogP contribution in [0.15, 0.2) is 42.5 Å². The maximum absolute atomic E-state index is 14.2. The largest absolute Gasteiger partial charge is 0.347 e. The van der Waals surface area contributed by atoms with Crippen LogP contribution >= 0.6 is 0 Å². The number of halogens is 1. The van der Waals surface area contributed by atoms with Gasteiger partial charge in [-0.25, -0.2) is 9.37 Å². The average Bonchev–Trinajstić information content (AvgIpc) is 3.43. The second kappa shape index (κ2) is 12.9. The van der Waals surface area contributed by atoms with Crippen molar-refractivity contribution in [1.29, 1.82) is 0 Å². The lowest BCUT2D eigenvalue weighted by molar-refractivity contribution is -0.290. The molecule has 6 nitrogen and oxygen atoms in total. The van der Waals surface area contributed by atoms with Gasteiger partial charge in [-0.05, 0) is 113 Å². The van der Waals surface area contributed by atoms with Crippen LogP contribution in [0.3, 0.4) is 0 Å². The Morgan fingerprint density at radius 2 is 1.82 bits per heavy atom. The number of ether oxygens (including phenoxy) is 2. The lowest BCUT2D eigenvalue weighted by Crippen LogP contribution is -2.43. The molecule has 4 heterocycles. The third kappa shape index (κ3) is 6.58. The van der Waals surface area contributed by atoms with Crippen LogP contribution in [0.25, 0.3) is 28.5 Å². The molecule has 0 saturated carbocycles. The molecule has 1 aromatic carbocycles. The molecular formula is C38H49FN4O2. The minimum atomic E-state index is -0.641. The number of pyridine rings is 2. The smallest absolute Gasteiger partial charge is 0.163 e. The second-order valence-corrected chi connectivity index (χ2v) is 13.9. The molecule has 3 aromatic rings. The van der Waals surface area contributed by atoms with Crippen molar-refractivity contribution >= 4 is 11.9 Å². The molecule has 1 unspecified atom stereocenters. The summed E-state index contributed by atoms with van der Waals surface area (Å²) in [5.41, 5.74) is 8.75. The Bertz CT molecular complexity index is 1550. The SMILES string of the molecule is CC[C@H]1C[C@@H](/C=C/c2c(C(C)C)nc3c(c2-c2ccc(F)cc2)CCCc2nc(N4CCCC4N(C)C)ccc2-3)OC(C)(C)O1. The molecule has 2 fully saturated rings. The van der Waals surface area contributed by atoms with Gasteiger partial charge in [0.05, 0.1) is 35.5 Å². The number of hydrogen-bond acceptors (Lipinski definition) is 6. The topological polar surface area (TPSA) is 50.7 Å². The zero-order chi connectivity index (χ0) is 31.9. The highest BCUT2D eigenvalue weighted by molar-refractivity contribution is 5.85. The summed E-state index contributed by atoms with van der Waals surface area (Å²) in [6.45, 7) is 11.6. The number of rotatable bonds is 7. The highest BCUT2D eigenvalue weighted by Crippen LogP contribution is 2.43. The van der Waals surface area contributed by atoms with E-state index in [1.807, 2.05) is 26.0 Å². The van der Waals surface area contributed by atoms with Crippen LogP contribution < -0.4 is 4.90 Å². The average molecular weight is 613 g/mol. The summed E-state index contributed by atoms with van der Waals surface area (Å²) >= 11 is 0. The number of benzene rings is 1. The third-order valence-electron chi connectivity index (χ3n) is 9.53. The minimum absolute atomic E-state index is 0.0708. The van der Waals surface area contributed by atoms with Crippen LogP contribution in [-0.2, 0) is 22.3 Å². The van der Waals surface area contributed by atoms with Crippen LogP contribution in [0.4, 0.5) is 10.2 Å². The molecule has 0 N–H and O–H groups in total. The molecule has 2 saturated heterocycles. The van der Waals surface area contributed by atoms with Crippen molar-refractivity contribution in [2.75, 3.05) is 25.5 Å². The minimum Gasteiger partial charge on any atom is -0.347 e. The standard InChI is InChI=1S/C38H49FN4O2/c1-8-27-23-28(45-38(4,5)44-27)18-19-31-35(25-14-16-26(39)17-15-25)30-11-9-12-32-29(37(30)41-36(31)24(2)3)20-21-33(40-32)43-22-10-13-34(43)42(6)7/h14-21,24,27-28,34H,8-13,22-23H2,1-7H3/b19-18+/t27-,28+,34?/m0/s1. The molecule has 2 aromatic heterocycles. The van der Waals surface area contributed by atoms with E-state index >= 15 is 0 Å². The van der Waals surface area contributed by atoms with E-state index in [9.17, 15) is 4.39 Å². The van der Waals surface area contributed by atoms with Crippen molar-refractivity contribution in [3.8, 4) is 22.4 Å². The van der Waals surface area contributed by atoms with E-state index in [2.05, 4.69) is 69.0 Å². The van der Waals surface area contributed by atoms with E-state index in [0.29, 0.717) is 6.17 Å². The highest BCUT2D eigenvalue weighted by atomic mass is 19.1. The Balaban J connectivity index is 1.50. The van der Waals surface area contributed by atoms with Gasteiger partial charge in [0.15, 0.2) is 5.79 Å². The quantitative estimate of drug-likeness (QED) is 0.267. The number of fused-ring (bicyclic) bond motifs is 3. The van der Waals surface area contributed by atoms with Gasteiger partial charge in [0.1, 0.15) is 11.6 Å². The fourth-order valence-corrected chi connectivity index (χ4v) is 7.44. The maximum atomic E-state index is 14.2. The Morgan fingerprint density at radius 3 is 2.53 bits per heavy atom. The maximum Gasteiger partial charge on any atom is 0.163 e. The number of aryl methyl sites for hydroxylation is 1. The summed E-state index contributed by atoms with van der Waals surface area (Å²) in [6.07, 6.45) is 11.7. The number of hydrogen-bond donors (Lipinski definition) is 0. The molecule has 0 amide bonds. The van der Waals surface area contributed by atoms with Crippen molar-refractivity contribution < 1.29 is 13.9 Å². The summed E-state index contributed by atoms with van der Waals surface area (Å²) in [6, 6.07) is 11.4. The van der Waals surface area contributed by atoms with Crippen molar-refractivity contribution in [3.63, 3.8) is 0 Å². The number of aromatic nitrogens is 2. The van der Waals surface area contributed by atoms with Crippen molar-refractivity contribution in [1.82, 2.24) is 14.9 Å². The van der Waals surface area contributed by atoms with Crippen molar-refractivity contribution in [2.45, 2.75) is 110 Å². The molecule has 240 valence electrons. The first-order valence-corrected chi connectivity index (χ1v) is 16.8. The van der Waals surface area contributed by atoms with Crippen LogP contribution in [0.2, 0.25) is 0 Å². The van der Waals surface area contributed by atoms with Gasteiger partial charge in [-0.1, -0.05) is 45.1 Å². The molecule has 0 bridgehead atoms. The normalized spacial score (nSPS) is 23.1. The highest BCUT2D eigenvalue weighted by Gasteiger charge is 2.34. The van der Waals surface area contributed by atoms with E-state index in [4.69, 9.17) is 19.4 Å². The van der Waals surface area contributed by atoms with Gasteiger partial charge in [-0.2, -0.15) is 0 Å². The Hall–Kier alpha value is -3.13. The van der Waals surface area contributed by atoms with Gasteiger partial charge in [0, 0.05) is 24.1 Å². The van der Waals surface area contributed by atoms with Gasteiger partial charge in [0.25, 0.3) is 0 Å². The fourth-order valence-electron chi connectivity index (χ4n) is 7.44. The van der Waals surface area contributed by atoms with Crippen molar-refractivity contribution in [2.24, 2.45) is 0 Å². The van der Waals surface area contributed by atoms with Crippen LogP contribution in [0.5, 0.6) is 0 Å². The lowest BCUT2D eigenvalue weighted by Gasteiger charge is -2.39. The summed E-state index contributed by atoms with van der Waals surface area (Å²) < 4.78 is 26.7. The molecule has 3 aliphatic rings. The van der Waals surface area contributed by atoms with Crippen LogP contribution in [0, 0.1) is 5.82 Å². The van der Waals surface area contributed by atoms with E-state index in [1.54, 1.807) is 12.1 Å². The zero-order valence-electron chi connectivity index (χ0n) is 28.1. The Kier molecular flexibility index (Phi) is 9.15. The third-order valence-corrected chi connectivity index (χ3v) is 9.53. The van der Waals surface area contributed by atoms with E-state index in [1.165, 1.54) is 12.0 Å². The predicted molar refractivity (Wildman–Crippen MR) is 181 cm³/mol. The molecule has 2 aliphatic heterocycles. The molecule has 3 atom stereocenters. The molecule has 1 aliphatic carbocycles. The van der Waals surface area contributed by atoms with Crippen LogP contribution in [-0.4, -0.2) is 59.7 Å². The first kappa shape index (κ1) is 31.8. The lowest BCUT2D eigenvalue weighted by atomic mass is 9.86. The molecule has 6 rings (SSSR count). The summed E-state index contributed by atoms with van der Waals surface area (Å²) in [7, 11) is 4.31. The van der Waals surface area contributed by atoms with Gasteiger partial charge in [-0.3, -0.25) is 9.88 Å². The molecule has 0 radical (unpaired) electrons. The number of nitrogens with zero attached hydrogens (tertiary/aromatic N) is 4. The van der Waals surface area contributed by atoms with Gasteiger partial charge in [0.2, 0.25) is 0 Å². The fraction of sp³-hybridized carbons (Fsp3) is 0.526. The van der Waals surface area contributed by atoms with Crippen molar-refractivity contribution in [3.05, 3.63) is 70.8 Å². The zero-order valence-corrected chi connectivity index (χ0v) is 28.1. The molecule has 45 heavy (non-hydrogen) atoms. The first-order chi connectivity index (χ1) is 21.5. The Morgan fingerprint density at radius 1 is 1.04 bits per heavy atom. The first-order valence-electron chi connectivity index (χ1n) is 16.8. The predicted octanol–water partition coefficient (Wildman–Crippen LogP) is 8.38. The molecular weight excluding hydrogens is 563 g/mol. The summed E-state index contributed by atoms with van der Waals surface area (Å²) in [4.78, 5) is 15.5. The van der Waals surface area contributed by atoms with E-state index in [-0.39, 0.29) is 23.9 Å². The van der Waals surface area contributed by atoms with E-state index < -0.39 is 5.79 Å². The summed E-state index contributed by atoms with van der Waals surface area (Å²) in [5.74, 6) is 0.357.